The molecule has 0 N–H and O–H groups in total. The molecule has 2 atom stereocenters. The highest BCUT2D eigenvalue weighted by atomic mass is 16.5. The fourth-order valence-electron chi connectivity index (χ4n) is 3.72. The number of methoxy groups -OCH3 is 2. The molecular formula is C15H20O5. The predicted octanol–water partition coefficient (Wildman–Crippen LogP) is 1.65. The summed E-state index contributed by atoms with van der Waals surface area (Å²) in [6.07, 6.45) is 1.31. The summed E-state index contributed by atoms with van der Waals surface area (Å²) in [5, 5.41) is 0. The van der Waals surface area contributed by atoms with E-state index in [0.717, 1.165) is 5.57 Å². The molecule has 5 heteroatoms. The third-order valence-corrected chi connectivity index (χ3v) is 4.52. The third kappa shape index (κ3) is 1.87. The van der Waals surface area contributed by atoms with E-state index in [2.05, 4.69) is 0 Å². The van der Waals surface area contributed by atoms with Gasteiger partial charge in [0, 0.05) is 12.3 Å². The lowest BCUT2D eigenvalue weighted by Gasteiger charge is -2.35. The van der Waals surface area contributed by atoms with Gasteiger partial charge >= 0.3 is 11.9 Å². The Bertz CT molecular complexity index is 486. The quantitative estimate of drug-likeness (QED) is 0.568. The molecule has 0 aromatic carbocycles. The van der Waals surface area contributed by atoms with E-state index in [9.17, 15) is 14.4 Å². The molecule has 1 saturated carbocycles. The van der Waals surface area contributed by atoms with Crippen molar-refractivity contribution in [3.63, 3.8) is 0 Å². The van der Waals surface area contributed by atoms with Gasteiger partial charge in [-0.25, -0.2) is 0 Å². The number of ether oxygens (including phenoxy) is 2. The number of allylic oxidation sites excluding steroid dienone is 2. The molecule has 5 nitrogen and oxygen atoms in total. The van der Waals surface area contributed by atoms with Gasteiger partial charge in [0.1, 0.15) is 0 Å². The summed E-state index contributed by atoms with van der Waals surface area (Å²) in [6, 6.07) is 0. The maximum atomic E-state index is 12.3. The van der Waals surface area contributed by atoms with E-state index < -0.39 is 23.3 Å². The van der Waals surface area contributed by atoms with Gasteiger partial charge in [0.2, 0.25) is 0 Å². The lowest BCUT2D eigenvalue weighted by molar-refractivity contribution is -0.172. The fraction of sp³-hybridized carbons (Fsp3) is 0.667. The summed E-state index contributed by atoms with van der Waals surface area (Å²) in [7, 11) is 2.52. The number of carbonyl (C=O) groups excluding carboxylic acids is 3. The summed E-state index contributed by atoms with van der Waals surface area (Å²) in [5.41, 5.74) is 0.0642. The van der Waals surface area contributed by atoms with Crippen LogP contribution >= 0.6 is 0 Å². The Balaban J connectivity index is 2.54. The van der Waals surface area contributed by atoms with Gasteiger partial charge in [-0.3, -0.25) is 14.4 Å². The van der Waals surface area contributed by atoms with Crippen LogP contribution in [0.3, 0.4) is 0 Å². The molecule has 0 aromatic rings. The zero-order chi connectivity index (χ0) is 15.1. The Kier molecular flexibility index (Phi) is 3.71. The van der Waals surface area contributed by atoms with E-state index in [1.165, 1.54) is 14.2 Å². The van der Waals surface area contributed by atoms with Crippen LogP contribution < -0.4 is 0 Å². The zero-order valence-electron chi connectivity index (χ0n) is 12.3. The predicted molar refractivity (Wildman–Crippen MR) is 70.7 cm³/mol. The zero-order valence-corrected chi connectivity index (χ0v) is 12.3. The maximum absolute atomic E-state index is 12.3. The summed E-state index contributed by atoms with van der Waals surface area (Å²) in [4.78, 5) is 36.8. The van der Waals surface area contributed by atoms with Gasteiger partial charge in [-0.1, -0.05) is 12.5 Å². The first-order valence-electron chi connectivity index (χ1n) is 6.78. The minimum Gasteiger partial charge on any atom is -0.468 e. The number of rotatable bonds is 2. The second-order valence-electron chi connectivity index (χ2n) is 5.85. The first kappa shape index (κ1) is 14.8. The molecule has 2 unspecified atom stereocenters. The fourth-order valence-corrected chi connectivity index (χ4v) is 3.72. The SMILES string of the molecule is COC(=O)C1(C(=O)OC)CC(C)=C2C(=O)CC(C)CC21. The van der Waals surface area contributed by atoms with Crippen LogP contribution in [0.25, 0.3) is 0 Å². The van der Waals surface area contributed by atoms with Gasteiger partial charge < -0.3 is 9.47 Å². The van der Waals surface area contributed by atoms with E-state index in [1.807, 2.05) is 13.8 Å². The molecular weight excluding hydrogens is 260 g/mol. The van der Waals surface area contributed by atoms with Crippen molar-refractivity contribution in [3.05, 3.63) is 11.1 Å². The van der Waals surface area contributed by atoms with Crippen LogP contribution in [0.5, 0.6) is 0 Å². The number of fused-ring (bicyclic) bond motifs is 1. The van der Waals surface area contributed by atoms with Gasteiger partial charge in [-0.15, -0.1) is 0 Å². The number of Topliss-reactive ketones (excluding diaryl/α,β-unsaturated/α-hetero) is 1. The van der Waals surface area contributed by atoms with Gasteiger partial charge in [0.05, 0.1) is 14.2 Å². The van der Waals surface area contributed by atoms with Crippen molar-refractivity contribution >= 4 is 17.7 Å². The molecule has 2 aliphatic rings. The van der Waals surface area contributed by atoms with Crippen molar-refractivity contribution in [2.24, 2.45) is 17.3 Å². The molecule has 110 valence electrons. The third-order valence-electron chi connectivity index (χ3n) is 4.52. The van der Waals surface area contributed by atoms with Crippen molar-refractivity contribution < 1.29 is 23.9 Å². The Morgan fingerprint density at radius 2 is 1.75 bits per heavy atom. The normalized spacial score (nSPS) is 28.1. The number of esters is 2. The highest BCUT2D eigenvalue weighted by Gasteiger charge is 2.61. The van der Waals surface area contributed by atoms with Crippen LogP contribution in [0.15, 0.2) is 11.1 Å². The van der Waals surface area contributed by atoms with Crippen LogP contribution in [0.4, 0.5) is 0 Å². The monoisotopic (exact) mass is 280 g/mol. The summed E-state index contributed by atoms with van der Waals surface area (Å²) < 4.78 is 9.70. The van der Waals surface area contributed by atoms with Gasteiger partial charge in [-0.05, 0) is 31.3 Å². The van der Waals surface area contributed by atoms with Crippen LogP contribution in [0.1, 0.15) is 33.1 Å². The summed E-state index contributed by atoms with van der Waals surface area (Å²) in [6.45, 7) is 3.77. The molecule has 0 amide bonds. The average Bonchev–Trinajstić information content (AvgIpc) is 2.71. The van der Waals surface area contributed by atoms with Crippen LogP contribution in [-0.4, -0.2) is 31.9 Å². The number of hydrogen-bond acceptors (Lipinski definition) is 5. The average molecular weight is 280 g/mol. The van der Waals surface area contributed by atoms with Crippen molar-refractivity contribution in [2.75, 3.05) is 14.2 Å². The molecule has 0 radical (unpaired) electrons. The van der Waals surface area contributed by atoms with Crippen molar-refractivity contribution in [1.82, 2.24) is 0 Å². The molecule has 0 aromatic heterocycles. The standard InChI is InChI=1S/C15H20O5/c1-8-5-10-12(11(16)6-8)9(2)7-15(10,13(17)19-3)14(18)20-4/h8,10H,5-7H2,1-4H3. The minimum atomic E-state index is -1.38. The van der Waals surface area contributed by atoms with Gasteiger partial charge in [0.25, 0.3) is 0 Å². The highest BCUT2D eigenvalue weighted by Crippen LogP contribution is 2.54. The molecule has 1 fully saturated rings. The number of hydrogen-bond donors (Lipinski definition) is 0. The highest BCUT2D eigenvalue weighted by molar-refractivity contribution is 6.07. The van der Waals surface area contributed by atoms with Crippen molar-refractivity contribution in [1.29, 1.82) is 0 Å². The molecule has 20 heavy (non-hydrogen) atoms. The summed E-state index contributed by atoms with van der Waals surface area (Å²) in [5.74, 6) is -1.44. The molecule has 0 bridgehead atoms. The van der Waals surface area contributed by atoms with Crippen LogP contribution in [0.2, 0.25) is 0 Å². The van der Waals surface area contributed by atoms with E-state index in [0.29, 0.717) is 18.4 Å². The molecule has 0 spiro atoms. The molecule has 0 saturated heterocycles. The molecule has 2 aliphatic carbocycles. The van der Waals surface area contributed by atoms with E-state index in [1.54, 1.807) is 0 Å². The lowest BCUT2D eigenvalue weighted by Crippen LogP contribution is -2.47. The molecule has 0 heterocycles. The Morgan fingerprint density at radius 1 is 1.20 bits per heavy atom. The first-order valence-corrected chi connectivity index (χ1v) is 6.78. The lowest BCUT2D eigenvalue weighted by atomic mass is 9.67. The molecule has 0 aliphatic heterocycles. The minimum absolute atomic E-state index is 0.0425. The second-order valence-corrected chi connectivity index (χ2v) is 5.85. The maximum Gasteiger partial charge on any atom is 0.324 e. The number of carbonyl (C=O) groups is 3. The van der Waals surface area contributed by atoms with E-state index in [-0.39, 0.29) is 18.1 Å². The topological polar surface area (TPSA) is 69.7 Å². The van der Waals surface area contributed by atoms with Crippen molar-refractivity contribution in [3.8, 4) is 0 Å². The van der Waals surface area contributed by atoms with Crippen molar-refractivity contribution in [2.45, 2.75) is 33.1 Å². The van der Waals surface area contributed by atoms with E-state index in [4.69, 9.17) is 9.47 Å². The smallest absolute Gasteiger partial charge is 0.324 e. The largest absolute Gasteiger partial charge is 0.468 e. The second kappa shape index (κ2) is 5.04. The summed E-state index contributed by atoms with van der Waals surface area (Å²) >= 11 is 0. The Labute approximate surface area is 118 Å². The van der Waals surface area contributed by atoms with Gasteiger partial charge in [0.15, 0.2) is 11.2 Å². The Hall–Kier alpha value is -1.65. The Morgan fingerprint density at radius 3 is 2.25 bits per heavy atom. The number of ketones is 1. The van der Waals surface area contributed by atoms with Gasteiger partial charge in [-0.2, -0.15) is 0 Å². The van der Waals surface area contributed by atoms with Crippen LogP contribution in [-0.2, 0) is 23.9 Å². The first-order chi connectivity index (χ1) is 9.38. The van der Waals surface area contributed by atoms with E-state index >= 15 is 0 Å². The molecule has 2 rings (SSSR count). The van der Waals surface area contributed by atoms with Crippen LogP contribution in [0, 0.1) is 17.3 Å².